The third kappa shape index (κ3) is 2.83. The number of aromatic nitrogens is 3. The number of nitrogens with one attached hydrogen (secondary N) is 1. The molecule has 0 amide bonds. The van der Waals surface area contributed by atoms with E-state index in [2.05, 4.69) is 38.8 Å². The number of aromatic amines is 1. The van der Waals surface area contributed by atoms with Gasteiger partial charge < -0.3 is 4.90 Å². The van der Waals surface area contributed by atoms with E-state index in [-0.39, 0.29) is 0 Å². The first kappa shape index (κ1) is 13.5. The van der Waals surface area contributed by atoms with Crippen molar-refractivity contribution < 1.29 is 0 Å². The zero-order valence-electron chi connectivity index (χ0n) is 11.7. The van der Waals surface area contributed by atoms with Crippen LogP contribution in [0.3, 0.4) is 0 Å². The van der Waals surface area contributed by atoms with Crippen LogP contribution in [0.5, 0.6) is 0 Å². The summed E-state index contributed by atoms with van der Waals surface area (Å²) >= 11 is 5.40. The number of rotatable bonds is 3. The molecule has 5 heteroatoms. The highest BCUT2D eigenvalue weighted by Gasteiger charge is 2.19. The van der Waals surface area contributed by atoms with Gasteiger partial charge in [-0.15, -0.1) is 0 Å². The van der Waals surface area contributed by atoms with Gasteiger partial charge in [0.25, 0.3) is 0 Å². The Bertz CT molecular complexity index is 616. The Balaban J connectivity index is 1.86. The van der Waals surface area contributed by atoms with Crippen LogP contribution in [0, 0.1) is 10.7 Å². The van der Waals surface area contributed by atoms with Crippen molar-refractivity contribution in [2.75, 3.05) is 20.1 Å². The second kappa shape index (κ2) is 5.89. The van der Waals surface area contributed by atoms with E-state index >= 15 is 0 Å². The molecular weight excluding hydrogens is 268 g/mol. The highest BCUT2D eigenvalue weighted by Crippen LogP contribution is 2.22. The molecule has 20 heavy (non-hydrogen) atoms. The topological polar surface area (TPSA) is 36.9 Å². The van der Waals surface area contributed by atoms with Crippen LogP contribution < -0.4 is 0 Å². The SMILES string of the molecule is CN1CCCC(Cn2c(-c3ccccc3)n[nH]c2=S)C1. The molecule has 1 aliphatic heterocycles. The summed E-state index contributed by atoms with van der Waals surface area (Å²) in [5, 5.41) is 7.34. The van der Waals surface area contributed by atoms with Crippen molar-refractivity contribution in [2.45, 2.75) is 19.4 Å². The van der Waals surface area contributed by atoms with Crippen molar-refractivity contribution in [2.24, 2.45) is 5.92 Å². The average molecular weight is 288 g/mol. The summed E-state index contributed by atoms with van der Waals surface area (Å²) in [6.07, 6.45) is 2.54. The fourth-order valence-electron chi connectivity index (χ4n) is 2.98. The van der Waals surface area contributed by atoms with E-state index in [4.69, 9.17) is 12.2 Å². The predicted octanol–water partition coefficient (Wildman–Crippen LogP) is 2.95. The van der Waals surface area contributed by atoms with Crippen LogP contribution in [0.4, 0.5) is 0 Å². The van der Waals surface area contributed by atoms with Crippen molar-refractivity contribution >= 4 is 12.2 Å². The van der Waals surface area contributed by atoms with Crippen LogP contribution >= 0.6 is 12.2 Å². The smallest absolute Gasteiger partial charge is 0.195 e. The van der Waals surface area contributed by atoms with Gasteiger partial charge in [0.15, 0.2) is 10.6 Å². The molecule has 0 bridgehead atoms. The molecule has 1 fully saturated rings. The van der Waals surface area contributed by atoms with E-state index in [0.29, 0.717) is 5.92 Å². The number of hydrogen-bond donors (Lipinski definition) is 1. The molecule has 2 aromatic rings. The molecule has 2 heterocycles. The Labute approximate surface area is 124 Å². The maximum atomic E-state index is 5.40. The second-order valence-electron chi connectivity index (χ2n) is 5.60. The van der Waals surface area contributed by atoms with Crippen LogP contribution in [0.15, 0.2) is 30.3 Å². The van der Waals surface area contributed by atoms with Gasteiger partial charge in [-0.2, -0.15) is 5.10 Å². The molecule has 0 radical (unpaired) electrons. The lowest BCUT2D eigenvalue weighted by Crippen LogP contribution is -2.34. The fraction of sp³-hybridized carbons (Fsp3) is 0.467. The molecule has 4 nitrogen and oxygen atoms in total. The van der Waals surface area contributed by atoms with Gasteiger partial charge in [0.05, 0.1) is 0 Å². The zero-order valence-corrected chi connectivity index (χ0v) is 12.6. The molecule has 106 valence electrons. The summed E-state index contributed by atoms with van der Waals surface area (Å²) in [6, 6.07) is 10.2. The molecule has 1 unspecified atom stereocenters. The monoisotopic (exact) mass is 288 g/mol. The molecule has 1 aromatic heterocycles. The van der Waals surface area contributed by atoms with Gasteiger partial charge in [0.1, 0.15) is 0 Å². The highest BCUT2D eigenvalue weighted by molar-refractivity contribution is 7.71. The standard InChI is InChI=1S/C15H20N4S/c1-18-9-5-6-12(10-18)11-19-14(16-17-15(19)20)13-7-3-2-4-8-13/h2-4,7-8,12H,5-6,9-11H2,1H3,(H,17,20). The summed E-state index contributed by atoms with van der Waals surface area (Å²) in [5.74, 6) is 1.60. The number of H-pyrrole nitrogens is 1. The van der Waals surface area contributed by atoms with Gasteiger partial charge in [-0.3, -0.25) is 9.67 Å². The van der Waals surface area contributed by atoms with E-state index < -0.39 is 0 Å². The van der Waals surface area contributed by atoms with Gasteiger partial charge in [-0.05, 0) is 44.6 Å². The molecular formula is C15H20N4S. The Kier molecular flexibility index (Phi) is 3.98. The predicted molar refractivity (Wildman–Crippen MR) is 83.1 cm³/mol. The van der Waals surface area contributed by atoms with E-state index in [1.807, 2.05) is 18.2 Å². The first-order valence-electron chi connectivity index (χ1n) is 7.13. The first-order chi connectivity index (χ1) is 9.74. The second-order valence-corrected chi connectivity index (χ2v) is 5.99. The van der Waals surface area contributed by atoms with Crippen molar-refractivity contribution in [3.63, 3.8) is 0 Å². The average Bonchev–Trinajstić information content (AvgIpc) is 2.81. The number of nitrogens with zero attached hydrogens (tertiary/aromatic N) is 3. The van der Waals surface area contributed by atoms with E-state index in [1.54, 1.807) is 0 Å². The largest absolute Gasteiger partial charge is 0.306 e. The van der Waals surface area contributed by atoms with Crippen molar-refractivity contribution in [1.29, 1.82) is 0 Å². The van der Waals surface area contributed by atoms with E-state index in [0.717, 1.165) is 29.2 Å². The maximum Gasteiger partial charge on any atom is 0.195 e. The zero-order chi connectivity index (χ0) is 13.9. The highest BCUT2D eigenvalue weighted by atomic mass is 32.1. The van der Waals surface area contributed by atoms with Gasteiger partial charge >= 0.3 is 0 Å². The molecule has 0 aliphatic carbocycles. The van der Waals surface area contributed by atoms with Crippen LogP contribution in [-0.4, -0.2) is 39.8 Å². The maximum absolute atomic E-state index is 5.40. The molecule has 1 saturated heterocycles. The van der Waals surface area contributed by atoms with Crippen molar-refractivity contribution in [3.05, 3.63) is 35.1 Å². The summed E-state index contributed by atoms with van der Waals surface area (Å²) in [5.41, 5.74) is 1.11. The lowest BCUT2D eigenvalue weighted by Gasteiger charge is -2.30. The minimum absolute atomic E-state index is 0.653. The molecule has 1 N–H and O–H groups in total. The van der Waals surface area contributed by atoms with Gasteiger partial charge in [0.2, 0.25) is 0 Å². The first-order valence-corrected chi connectivity index (χ1v) is 7.54. The van der Waals surface area contributed by atoms with Crippen LogP contribution in [-0.2, 0) is 6.54 Å². The summed E-state index contributed by atoms with van der Waals surface area (Å²) in [4.78, 5) is 2.40. The Hall–Kier alpha value is -1.46. The van der Waals surface area contributed by atoms with Gasteiger partial charge in [0, 0.05) is 18.7 Å². The molecule has 1 aliphatic rings. The number of hydrogen-bond acceptors (Lipinski definition) is 3. The van der Waals surface area contributed by atoms with Crippen LogP contribution in [0.1, 0.15) is 12.8 Å². The molecule has 1 atom stereocenters. The van der Waals surface area contributed by atoms with Gasteiger partial charge in [-0.1, -0.05) is 30.3 Å². The molecule has 1 aromatic carbocycles. The number of likely N-dealkylation sites (tertiary alicyclic amines) is 1. The van der Waals surface area contributed by atoms with Crippen molar-refractivity contribution in [1.82, 2.24) is 19.7 Å². The minimum Gasteiger partial charge on any atom is -0.306 e. The Morgan fingerprint density at radius 1 is 1.35 bits per heavy atom. The minimum atomic E-state index is 0.653. The molecule has 0 saturated carbocycles. The third-order valence-corrected chi connectivity index (χ3v) is 4.26. The lowest BCUT2D eigenvalue weighted by molar-refractivity contribution is 0.194. The summed E-state index contributed by atoms with van der Waals surface area (Å²) in [7, 11) is 2.19. The lowest BCUT2D eigenvalue weighted by atomic mass is 9.98. The number of benzene rings is 1. The quantitative estimate of drug-likeness (QED) is 0.882. The van der Waals surface area contributed by atoms with E-state index in [1.165, 1.54) is 19.4 Å². The summed E-state index contributed by atoms with van der Waals surface area (Å²) in [6.45, 7) is 3.30. The fourth-order valence-corrected chi connectivity index (χ4v) is 3.18. The normalized spacial score (nSPS) is 20.1. The Morgan fingerprint density at radius 3 is 2.90 bits per heavy atom. The molecule has 0 spiro atoms. The van der Waals surface area contributed by atoms with Crippen LogP contribution in [0.25, 0.3) is 11.4 Å². The van der Waals surface area contributed by atoms with Crippen molar-refractivity contribution in [3.8, 4) is 11.4 Å². The van der Waals surface area contributed by atoms with Gasteiger partial charge in [-0.25, -0.2) is 0 Å². The number of piperidine rings is 1. The Morgan fingerprint density at radius 2 is 2.15 bits per heavy atom. The third-order valence-electron chi connectivity index (χ3n) is 3.95. The van der Waals surface area contributed by atoms with Crippen LogP contribution in [0.2, 0.25) is 0 Å². The van der Waals surface area contributed by atoms with E-state index in [9.17, 15) is 0 Å². The molecule has 3 rings (SSSR count). The summed E-state index contributed by atoms with van der Waals surface area (Å²) < 4.78 is 2.87.